The lowest BCUT2D eigenvalue weighted by Crippen LogP contribution is -2.25. The van der Waals surface area contributed by atoms with Crippen molar-refractivity contribution in [2.75, 3.05) is 7.05 Å². The summed E-state index contributed by atoms with van der Waals surface area (Å²) in [6.45, 7) is 0. The Bertz CT molecular complexity index is 544. The number of rotatable bonds is 2. The van der Waals surface area contributed by atoms with Gasteiger partial charge in [0.1, 0.15) is 0 Å². The fraction of sp³-hybridized carbons (Fsp3) is 0.471. The van der Waals surface area contributed by atoms with Gasteiger partial charge in [0.05, 0.1) is 0 Å². The molecular weight excluding hydrogens is 232 g/mol. The topological polar surface area (TPSA) is 24.9 Å². The first-order chi connectivity index (χ1) is 9.38. The maximum atomic E-state index is 4.32. The van der Waals surface area contributed by atoms with Gasteiger partial charge in [0.15, 0.2) is 0 Å². The van der Waals surface area contributed by atoms with Crippen LogP contribution in [0.4, 0.5) is 0 Å². The average molecular weight is 254 g/mol. The lowest BCUT2D eigenvalue weighted by molar-refractivity contribution is 0.472. The first-order valence-corrected chi connectivity index (χ1v) is 7.38. The van der Waals surface area contributed by atoms with Crippen molar-refractivity contribution in [2.24, 2.45) is 0 Å². The van der Waals surface area contributed by atoms with Crippen molar-refractivity contribution in [1.29, 1.82) is 0 Å². The van der Waals surface area contributed by atoms with E-state index in [0.29, 0.717) is 12.0 Å². The van der Waals surface area contributed by atoms with Gasteiger partial charge < -0.3 is 5.32 Å². The summed E-state index contributed by atoms with van der Waals surface area (Å²) in [6, 6.07) is 9.46. The number of aromatic nitrogens is 1. The second kappa shape index (κ2) is 5.70. The molecule has 2 nitrogen and oxygen atoms in total. The Kier molecular flexibility index (Phi) is 3.79. The Morgan fingerprint density at radius 3 is 2.95 bits per heavy atom. The summed E-state index contributed by atoms with van der Waals surface area (Å²) in [5.41, 5.74) is 1.49. The third kappa shape index (κ3) is 2.64. The van der Waals surface area contributed by atoms with E-state index in [1.54, 1.807) is 0 Å². The van der Waals surface area contributed by atoms with Crippen LogP contribution in [0.3, 0.4) is 0 Å². The molecule has 3 rings (SSSR count). The van der Waals surface area contributed by atoms with Crippen LogP contribution in [0.15, 0.2) is 36.7 Å². The molecule has 1 N–H and O–H groups in total. The minimum atomic E-state index is 0.666. The molecule has 2 unspecified atom stereocenters. The van der Waals surface area contributed by atoms with E-state index in [1.807, 2.05) is 12.4 Å². The Labute approximate surface area is 115 Å². The van der Waals surface area contributed by atoms with Gasteiger partial charge in [-0.1, -0.05) is 31.0 Å². The third-order valence-corrected chi connectivity index (χ3v) is 4.49. The third-order valence-electron chi connectivity index (χ3n) is 4.49. The van der Waals surface area contributed by atoms with Crippen LogP contribution in [0.2, 0.25) is 0 Å². The van der Waals surface area contributed by atoms with Crippen molar-refractivity contribution in [2.45, 2.75) is 44.1 Å². The second-order valence-electron chi connectivity index (χ2n) is 5.65. The molecule has 1 aliphatic carbocycles. The summed E-state index contributed by atoms with van der Waals surface area (Å²) in [4.78, 5) is 4.32. The summed E-state index contributed by atoms with van der Waals surface area (Å²) in [7, 11) is 2.09. The molecule has 0 amide bonds. The van der Waals surface area contributed by atoms with Crippen LogP contribution in [0.5, 0.6) is 0 Å². The van der Waals surface area contributed by atoms with Crippen LogP contribution >= 0.6 is 0 Å². The zero-order valence-electron chi connectivity index (χ0n) is 11.6. The lowest BCUT2D eigenvalue weighted by atomic mass is 9.87. The molecule has 0 saturated heterocycles. The van der Waals surface area contributed by atoms with E-state index in [1.165, 1.54) is 48.4 Å². The highest BCUT2D eigenvalue weighted by molar-refractivity contribution is 5.85. The number of fused-ring (bicyclic) bond motifs is 1. The van der Waals surface area contributed by atoms with Gasteiger partial charge in [-0.2, -0.15) is 0 Å². The molecular formula is C17H22N2. The molecule has 1 aromatic carbocycles. The molecule has 0 radical (unpaired) electrons. The van der Waals surface area contributed by atoms with Crippen LogP contribution in [0.1, 0.15) is 43.6 Å². The Balaban J connectivity index is 1.98. The number of hydrogen-bond acceptors (Lipinski definition) is 2. The smallest absolute Gasteiger partial charge is 0.0349 e. The molecule has 2 atom stereocenters. The van der Waals surface area contributed by atoms with Gasteiger partial charge in [0, 0.05) is 23.8 Å². The minimum Gasteiger partial charge on any atom is -0.317 e. The predicted octanol–water partition coefficient (Wildman–Crippen LogP) is 3.87. The molecule has 1 saturated carbocycles. The molecule has 1 aliphatic rings. The summed E-state index contributed by atoms with van der Waals surface area (Å²) < 4.78 is 0. The highest BCUT2D eigenvalue weighted by Gasteiger charge is 2.21. The fourth-order valence-corrected chi connectivity index (χ4v) is 3.40. The maximum Gasteiger partial charge on any atom is 0.0349 e. The van der Waals surface area contributed by atoms with E-state index in [2.05, 4.69) is 41.6 Å². The molecule has 1 fully saturated rings. The van der Waals surface area contributed by atoms with E-state index in [0.717, 1.165) is 0 Å². The van der Waals surface area contributed by atoms with Gasteiger partial charge in [-0.15, -0.1) is 0 Å². The quantitative estimate of drug-likeness (QED) is 0.823. The Morgan fingerprint density at radius 2 is 2.05 bits per heavy atom. The van der Waals surface area contributed by atoms with Gasteiger partial charge in [0.2, 0.25) is 0 Å². The Morgan fingerprint density at radius 1 is 1.16 bits per heavy atom. The molecule has 2 aromatic rings. The standard InChI is InChI=1S/C17H22N2/c1-18-15-7-3-2-5-14(11-15)16-8-4-6-13-9-10-19-12-17(13)16/h4,6,8-10,12,14-15,18H,2-3,5,7,11H2,1H3. The van der Waals surface area contributed by atoms with Crippen LogP contribution in [-0.2, 0) is 0 Å². The minimum absolute atomic E-state index is 0.666. The summed E-state index contributed by atoms with van der Waals surface area (Å²) in [5, 5.41) is 6.13. The van der Waals surface area contributed by atoms with Gasteiger partial charge in [-0.3, -0.25) is 4.98 Å². The fourth-order valence-electron chi connectivity index (χ4n) is 3.40. The summed E-state index contributed by atoms with van der Waals surface area (Å²) in [5.74, 6) is 0.674. The van der Waals surface area contributed by atoms with Crippen molar-refractivity contribution >= 4 is 10.8 Å². The SMILES string of the molecule is CNC1CCCCC(c2cccc3ccncc23)C1. The molecule has 100 valence electrons. The van der Waals surface area contributed by atoms with Crippen LogP contribution in [-0.4, -0.2) is 18.1 Å². The van der Waals surface area contributed by atoms with E-state index in [9.17, 15) is 0 Å². The normalized spacial score (nSPS) is 24.3. The van der Waals surface area contributed by atoms with Crippen LogP contribution in [0.25, 0.3) is 10.8 Å². The number of nitrogens with zero attached hydrogens (tertiary/aromatic N) is 1. The van der Waals surface area contributed by atoms with Crippen molar-refractivity contribution < 1.29 is 0 Å². The van der Waals surface area contributed by atoms with Crippen molar-refractivity contribution in [1.82, 2.24) is 10.3 Å². The highest BCUT2D eigenvalue weighted by Crippen LogP contribution is 2.35. The number of benzene rings is 1. The van der Waals surface area contributed by atoms with Crippen molar-refractivity contribution in [3.63, 3.8) is 0 Å². The van der Waals surface area contributed by atoms with Gasteiger partial charge in [-0.25, -0.2) is 0 Å². The zero-order valence-corrected chi connectivity index (χ0v) is 11.6. The van der Waals surface area contributed by atoms with Crippen molar-refractivity contribution in [3.8, 4) is 0 Å². The van der Waals surface area contributed by atoms with E-state index in [4.69, 9.17) is 0 Å². The first kappa shape index (κ1) is 12.6. The van der Waals surface area contributed by atoms with Crippen LogP contribution < -0.4 is 5.32 Å². The molecule has 0 bridgehead atoms. The summed E-state index contributed by atoms with van der Waals surface area (Å²) >= 11 is 0. The Hall–Kier alpha value is -1.41. The van der Waals surface area contributed by atoms with Crippen LogP contribution in [0, 0.1) is 0 Å². The first-order valence-electron chi connectivity index (χ1n) is 7.38. The molecule has 0 spiro atoms. The molecule has 0 aliphatic heterocycles. The largest absolute Gasteiger partial charge is 0.317 e. The number of hydrogen-bond donors (Lipinski definition) is 1. The average Bonchev–Trinajstić information content (AvgIpc) is 2.72. The summed E-state index contributed by atoms with van der Waals surface area (Å²) in [6.07, 6.45) is 10.5. The van der Waals surface area contributed by atoms with E-state index < -0.39 is 0 Å². The maximum absolute atomic E-state index is 4.32. The molecule has 1 aromatic heterocycles. The number of pyridine rings is 1. The molecule has 2 heteroatoms. The van der Waals surface area contributed by atoms with Gasteiger partial charge >= 0.3 is 0 Å². The highest BCUT2D eigenvalue weighted by atomic mass is 14.9. The zero-order chi connectivity index (χ0) is 13.1. The predicted molar refractivity (Wildman–Crippen MR) is 80.4 cm³/mol. The molecule has 19 heavy (non-hydrogen) atoms. The van der Waals surface area contributed by atoms with Crippen molar-refractivity contribution in [3.05, 3.63) is 42.2 Å². The van der Waals surface area contributed by atoms with Gasteiger partial charge in [0.25, 0.3) is 0 Å². The van der Waals surface area contributed by atoms with Gasteiger partial charge in [-0.05, 0) is 49.2 Å². The van der Waals surface area contributed by atoms with E-state index >= 15 is 0 Å². The molecule has 1 heterocycles. The second-order valence-corrected chi connectivity index (χ2v) is 5.65. The number of nitrogens with one attached hydrogen (secondary N) is 1. The lowest BCUT2D eigenvalue weighted by Gasteiger charge is -2.21. The monoisotopic (exact) mass is 254 g/mol. The van der Waals surface area contributed by atoms with E-state index in [-0.39, 0.29) is 0 Å².